The molecule has 2 heterocycles. The molecule has 5 heteroatoms. The molecular weight excluding hydrogens is 274 g/mol. The lowest BCUT2D eigenvalue weighted by molar-refractivity contribution is 0.251. The fourth-order valence-corrected chi connectivity index (χ4v) is 3.42. The Morgan fingerprint density at radius 2 is 1.82 bits per heavy atom. The molecule has 22 heavy (non-hydrogen) atoms. The summed E-state index contributed by atoms with van der Waals surface area (Å²) in [5, 5.41) is 4.58. The standard InChI is InChI=1S/C17H27N5/c1-13-12-17(22-16(18-13)11-14(2)19-22)21(4)10-9-20(3)15-7-5-6-8-15/h11-12,15H,5-10H2,1-4H3. The Morgan fingerprint density at radius 1 is 1.09 bits per heavy atom. The predicted octanol–water partition coefficient (Wildman–Crippen LogP) is 2.66. The molecule has 1 saturated carbocycles. The minimum Gasteiger partial charge on any atom is -0.358 e. The molecule has 1 fully saturated rings. The van der Waals surface area contributed by atoms with E-state index < -0.39 is 0 Å². The first-order chi connectivity index (χ1) is 10.5. The van der Waals surface area contributed by atoms with E-state index in [0.717, 1.165) is 42.0 Å². The van der Waals surface area contributed by atoms with Gasteiger partial charge in [0.2, 0.25) is 0 Å². The Bertz CT molecular complexity index is 642. The molecule has 0 aromatic carbocycles. The van der Waals surface area contributed by atoms with Crippen LogP contribution in [0.3, 0.4) is 0 Å². The zero-order chi connectivity index (χ0) is 15.7. The summed E-state index contributed by atoms with van der Waals surface area (Å²) >= 11 is 0. The SMILES string of the molecule is Cc1cc(N(C)CCN(C)C2CCCC2)n2nc(C)cc2n1. The van der Waals surface area contributed by atoms with Gasteiger partial charge in [0.1, 0.15) is 5.82 Å². The van der Waals surface area contributed by atoms with Gasteiger partial charge in [-0.05, 0) is 33.7 Å². The van der Waals surface area contributed by atoms with E-state index in [2.05, 4.69) is 40.0 Å². The Kier molecular flexibility index (Phi) is 4.34. The van der Waals surface area contributed by atoms with Crippen LogP contribution in [-0.2, 0) is 0 Å². The molecule has 3 rings (SSSR count). The maximum atomic E-state index is 4.58. The Morgan fingerprint density at radius 3 is 2.55 bits per heavy atom. The van der Waals surface area contributed by atoms with Gasteiger partial charge < -0.3 is 9.80 Å². The first-order valence-corrected chi connectivity index (χ1v) is 8.30. The number of anilines is 1. The summed E-state index contributed by atoms with van der Waals surface area (Å²) in [6.07, 6.45) is 5.50. The van der Waals surface area contributed by atoms with Gasteiger partial charge in [-0.15, -0.1) is 0 Å². The minimum atomic E-state index is 0.777. The molecule has 0 atom stereocenters. The van der Waals surface area contributed by atoms with Crippen LogP contribution in [0, 0.1) is 13.8 Å². The summed E-state index contributed by atoms with van der Waals surface area (Å²) in [7, 11) is 4.41. The average molecular weight is 301 g/mol. The van der Waals surface area contributed by atoms with E-state index >= 15 is 0 Å². The van der Waals surface area contributed by atoms with E-state index in [-0.39, 0.29) is 0 Å². The summed E-state index contributed by atoms with van der Waals surface area (Å²) < 4.78 is 1.96. The molecule has 5 nitrogen and oxygen atoms in total. The third-order valence-corrected chi connectivity index (χ3v) is 4.79. The summed E-state index contributed by atoms with van der Waals surface area (Å²) in [6.45, 7) is 6.15. The van der Waals surface area contributed by atoms with Gasteiger partial charge in [0.25, 0.3) is 0 Å². The molecule has 2 aromatic heterocycles. The van der Waals surface area contributed by atoms with Crippen molar-refractivity contribution in [3.63, 3.8) is 0 Å². The van der Waals surface area contributed by atoms with Crippen LogP contribution < -0.4 is 4.90 Å². The molecule has 2 aromatic rings. The molecule has 0 N–H and O–H groups in total. The lowest BCUT2D eigenvalue weighted by atomic mass is 10.2. The van der Waals surface area contributed by atoms with Crippen LogP contribution >= 0.6 is 0 Å². The zero-order valence-corrected chi connectivity index (χ0v) is 14.2. The summed E-state index contributed by atoms with van der Waals surface area (Å²) in [5.74, 6) is 1.12. The fraction of sp³-hybridized carbons (Fsp3) is 0.647. The van der Waals surface area contributed by atoms with Crippen LogP contribution in [0.4, 0.5) is 5.82 Å². The van der Waals surface area contributed by atoms with E-state index in [9.17, 15) is 0 Å². The van der Waals surface area contributed by atoms with Gasteiger partial charge >= 0.3 is 0 Å². The molecule has 0 unspecified atom stereocenters. The smallest absolute Gasteiger partial charge is 0.157 e. The molecule has 1 aliphatic rings. The number of hydrogen-bond donors (Lipinski definition) is 0. The number of aryl methyl sites for hydroxylation is 2. The number of hydrogen-bond acceptors (Lipinski definition) is 4. The lowest BCUT2D eigenvalue weighted by Crippen LogP contribution is -2.36. The summed E-state index contributed by atoms with van der Waals surface area (Å²) in [4.78, 5) is 9.37. The number of aromatic nitrogens is 3. The van der Waals surface area contributed by atoms with Gasteiger partial charge in [0, 0.05) is 44.0 Å². The van der Waals surface area contributed by atoms with Crippen molar-refractivity contribution in [2.24, 2.45) is 0 Å². The maximum absolute atomic E-state index is 4.58. The van der Waals surface area contributed by atoms with Crippen LogP contribution in [-0.4, -0.2) is 52.7 Å². The van der Waals surface area contributed by atoms with Crippen molar-refractivity contribution in [2.45, 2.75) is 45.6 Å². The maximum Gasteiger partial charge on any atom is 0.157 e. The largest absolute Gasteiger partial charge is 0.358 e. The van der Waals surface area contributed by atoms with Crippen molar-refractivity contribution >= 4 is 11.5 Å². The van der Waals surface area contributed by atoms with E-state index in [4.69, 9.17) is 0 Å². The third kappa shape index (κ3) is 3.09. The van der Waals surface area contributed by atoms with Crippen LogP contribution in [0.1, 0.15) is 37.1 Å². The highest BCUT2D eigenvalue weighted by Crippen LogP contribution is 2.22. The molecule has 0 spiro atoms. The molecular formula is C17H27N5. The monoisotopic (exact) mass is 301 g/mol. The first kappa shape index (κ1) is 15.3. The van der Waals surface area contributed by atoms with Crippen LogP contribution in [0.25, 0.3) is 5.65 Å². The van der Waals surface area contributed by atoms with E-state index in [1.54, 1.807) is 0 Å². The topological polar surface area (TPSA) is 36.7 Å². The van der Waals surface area contributed by atoms with Crippen LogP contribution in [0.2, 0.25) is 0 Å². The lowest BCUT2D eigenvalue weighted by Gasteiger charge is -2.27. The Balaban J connectivity index is 1.72. The molecule has 0 aliphatic heterocycles. The molecule has 120 valence electrons. The fourth-order valence-electron chi connectivity index (χ4n) is 3.42. The number of nitrogens with zero attached hydrogens (tertiary/aromatic N) is 5. The second-order valence-corrected chi connectivity index (χ2v) is 6.65. The number of fused-ring (bicyclic) bond motifs is 1. The van der Waals surface area contributed by atoms with Gasteiger partial charge in [-0.1, -0.05) is 12.8 Å². The van der Waals surface area contributed by atoms with Crippen molar-refractivity contribution in [1.82, 2.24) is 19.5 Å². The Hall–Kier alpha value is -1.62. The number of rotatable bonds is 5. The first-order valence-electron chi connectivity index (χ1n) is 8.30. The van der Waals surface area contributed by atoms with Crippen molar-refractivity contribution < 1.29 is 0 Å². The summed E-state index contributed by atoms with van der Waals surface area (Å²) in [5.41, 5.74) is 2.98. The highest BCUT2D eigenvalue weighted by atomic mass is 15.3. The van der Waals surface area contributed by atoms with Crippen molar-refractivity contribution in [1.29, 1.82) is 0 Å². The third-order valence-electron chi connectivity index (χ3n) is 4.79. The molecule has 0 amide bonds. The number of likely N-dealkylation sites (N-methyl/N-ethyl adjacent to an activating group) is 2. The molecule has 0 bridgehead atoms. The zero-order valence-electron chi connectivity index (χ0n) is 14.2. The van der Waals surface area contributed by atoms with Gasteiger partial charge in [-0.3, -0.25) is 0 Å². The summed E-state index contributed by atoms with van der Waals surface area (Å²) in [6, 6.07) is 4.93. The highest BCUT2D eigenvalue weighted by Gasteiger charge is 2.19. The molecule has 1 aliphatic carbocycles. The molecule has 0 saturated heterocycles. The highest BCUT2D eigenvalue weighted by molar-refractivity contribution is 5.51. The quantitative estimate of drug-likeness (QED) is 0.851. The average Bonchev–Trinajstić information content (AvgIpc) is 3.11. The van der Waals surface area contributed by atoms with E-state index in [1.165, 1.54) is 25.7 Å². The second kappa shape index (κ2) is 6.24. The van der Waals surface area contributed by atoms with E-state index in [1.807, 2.05) is 24.4 Å². The minimum absolute atomic E-state index is 0.777. The van der Waals surface area contributed by atoms with E-state index in [0.29, 0.717) is 0 Å². The van der Waals surface area contributed by atoms with Crippen molar-refractivity contribution in [3.8, 4) is 0 Å². The van der Waals surface area contributed by atoms with Gasteiger partial charge in [-0.2, -0.15) is 9.61 Å². The van der Waals surface area contributed by atoms with Gasteiger partial charge in [0.15, 0.2) is 5.65 Å². The van der Waals surface area contributed by atoms with Gasteiger partial charge in [0.05, 0.1) is 5.69 Å². The van der Waals surface area contributed by atoms with Crippen molar-refractivity contribution in [2.75, 3.05) is 32.1 Å². The Labute approximate surface area is 132 Å². The predicted molar refractivity (Wildman–Crippen MR) is 90.6 cm³/mol. The van der Waals surface area contributed by atoms with Crippen LogP contribution in [0.15, 0.2) is 12.1 Å². The van der Waals surface area contributed by atoms with Gasteiger partial charge in [-0.25, -0.2) is 4.98 Å². The van der Waals surface area contributed by atoms with Crippen LogP contribution in [0.5, 0.6) is 0 Å². The second-order valence-electron chi connectivity index (χ2n) is 6.65. The normalized spacial score (nSPS) is 16.0. The molecule has 0 radical (unpaired) electrons. The van der Waals surface area contributed by atoms with Crippen molar-refractivity contribution in [3.05, 3.63) is 23.5 Å².